The van der Waals surface area contributed by atoms with Gasteiger partial charge in [0, 0.05) is 11.9 Å². The number of hydrogen-bond donors (Lipinski definition) is 1. The summed E-state index contributed by atoms with van der Waals surface area (Å²) < 4.78 is 2.41. The number of rotatable bonds is 4. The molecule has 7 heteroatoms. The molecule has 2 aromatic heterocycles. The van der Waals surface area contributed by atoms with Crippen molar-refractivity contribution >= 4 is 21.8 Å². The lowest BCUT2D eigenvalue weighted by Gasteiger charge is -2.23. The molecule has 0 aliphatic rings. The zero-order valence-electron chi connectivity index (χ0n) is 11.7. The van der Waals surface area contributed by atoms with E-state index in [1.165, 1.54) is 0 Å². The molecule has 1 amide bonds. The number of halogens is 1. The van der Waals surface area contributed by atoms with E-state index in [4.69, 9.17) is 0 Å². The average Bonchev–Trinajstić information content (AvgIpc) is 2.83. The fourth-order valence-electron chi connectivity index (χ4n) is 1.84. The Balaban J connectivity index is 2.14. The molecule has 0 spiro atoms. The molecule has 0 aromatic carbocycles. The first-order valence-corrected chi connectivity index (χ1v) is 7.06. The first-order chi connectivity index (χ1) is 9.92. The molecule has 0 radical (unpaired) electrons. The Labute approximate surface area is 130 Å². The van der Waals surface area contributed by atoms with Crippen molar-refractivity contribution in [3.63, 3.8) is 0 Å². The van der Waals surface area contributed by atoms with Crippen molar-refractivity contribution in [2.24, 2.45) is 0 Å². The van der Waals surface area contributed by atoms with Gasteiger partial charge >= 0.3 is 0 Å². The average molecular weight is 348 g/mol. The van der Waals surface area contributed by atoms with Crippen LogP contribution in [0, 0.1) is 18.3 Å². The molecule has 0 saturated carbocycles. The van der Waals surface area contributed by atoms with E-state index in [-0.39, 0.29) is 18.1 Å². The summed E-state index contributed by atoms with van der Waals surface area (Å²) >= 11 is 3.29. The molecule has 6 nitrogen and oxygen atoms in total. The maximum absolute atomic E-state index is 12.2. The van der Waals surface area contributed by atoms with Gasteiger partial charge < -0.3 is 5.32 Å². The minimum Gasteiger partial charge on any atom is -0.331 e. The summed E-state index contributed by atoms with van der Waals surface area (Å²) in [5, 5.41) is 16.2. The zero-order valence-corrected chi connectivity index (χ0v) is 13.3. The van der Waals surface area contributed by atoms with Crippen LogP contribution in [-0.2, 0) is 6.54 Å². The summed E-state index contributed by atoms with van der Waals surface area (Å²) in [5.74, 6) is -0.381. The van der Waals surface area contributed by atoms with Crippen LogP contribution in [-0.4, -0.2) is 26.2 Å². The topological polar surface area (TPSA) is 83.6 Å². The molecule has 0 aliphatic carbocycles. The Morgan fingerprint density at radius 3 is 2.90 bits per heavy atom. The van der Waals surface area contributed by atoms with Gasteiger partial charge in [-0.05, 0) is 41.9 Å². The van der Waals surface area contributed by atoms with E-state index in [0.717, 1.165) is 10.2 Å². The summed E-state index contributed by atoms with van der Waals surface area (Å²) in [7, 11) is 0. The van der Waals surface area contributed by atoms with E-state index in [0.29, 0.717) is 0 Å². The minimum atomic E-state index is -1.08. The molecule has 0 saturated heterocycles. The predicted molar refractivity (Wildman–Crippen MR) is 80.4 cm³/mol. The number of pyridine rings is 1. The van der Waals surface area contributed by atoms with E-state index in [1.807, 2.05) is 13.0 Å². The molecule has 2 heterocycles. The van der Waals surface area contributed by atoms with Crippen molar-refractivity contribution in [2.75, 3.05) is 0 Å². The Morgan fingerprint density at radius 1 is 1.57 bits per heavy atom. The van der Waals surface area contributed by atoms with Crippen molar-refractivity contribution in [3.8, 4) is 6.07 Å². The molecule has 1 atom stereocenters. The number of hydrogen-bond acceptors (Lipinski definition) is 4. The monoisotopic (exact) mass is 347 g/mol. The molecule has 0 aliphatic heterocycles. The van der Waals surface area contributed by atoms with Gasteiger partial charge in [-0.2, -0.15) is 10.4 Å². The van der Waals surface area contributed by atoms with Gasteiger partial charge in [0.2, 0.25) is 0 Å². The fraction of sp³-hybridized carbons (Fsp3) is 0.286. The van der Waals surface area contributed by atoms with Gasteiger partial charge in [-0.25, -0.2) is 4.98 Å². The summed E-state index contributed by atoms with van der Waals surface area (Å²) in [6.07, 6.45) is 3.37. The molecule has 21 heavy (non-hydrogen) atoms. The van der Waals surface area contributed by atoms with E-state index >= 15 is 0 Å². The van der Waals surface area contributed by atoms with Crippen LogP contribution in [0.2, 0.25) is 0 Å². The standard InChI is InChI=1S/C14H14BrN5O/c1-10-4-3-5-12(18-10)13(21)19-14(2,8-16)9-20-7-11(15)6-17-20/h3-7H,9H2,1-2H3,(H,19,21). The fourth-order valence-corrected chi connectivity index (χ4v) is 2.16. The molecule has 0 bridgehead atoms. The number of aromatic nitrogens is 3. The zero-order chi connectivity index (χ0) is 15.5. The molecule has 2 aromatic rings. The van der Waals surface area contributed by atoms with E-state index in [2.05, 4.69) is 37.4 Å². The van der Waals surface area contributed by atoms with Crippen molar-refractivity contribution in [1.82, 2.24) is 20.1 Å². The summed E-state index contributed by atoms with van der Waals surface area (Å²) in [4.78, 5) is 16.4. The van der Waals surface area contributed by atoms with Crippen molar-refractivity contribution < 1.29 is 4.79 Å². The van der Waals surface area contributed by atoms with E-state index in [9.17, 15) is 10.1 Å². The van der Waals surface area contributed by atoms with Crippen molar-refractivity contribution in [1.29, 1.82) is 5.26 Å². The largest absolute Gasteiger partial charge is 0.331 e. The van der Waals surface area contributed by atoms with Crippen LogP contribution in [0.5, 0.6) is 0 Å². The van der Waals surface area contributed by atoms with Crippen LogP contribution in [0.25, 0.3) is 0 Å². The number of carbonyl (C=O) groups is 1. The third-order valence-corrected chi connectivity index (χ3v) is 3.25. The molecule has 1 unspecified atom stereocenters. The minimum absolute atomic E-state index is 0.243. The van der Waals surface area contributed by atoms with Gasteiger partial charge in [0.1, 0.15) is 11.2 Å². The highest BCUT2D eigenvalue weighted by Gasteiger charge is 2.28. The number of nitrogens with zero attached hydrogens (tertiary/aromatic N) is 4. The number of nitriles is 1. The molecular weight excluding hydrogens is 334 g/mol. The van der Waals surface area contributed by atoms with Crippen LogP contribution in [0.3, 0.4) is 0 Å². The number of nitrogens with one attached hydrogen (secondary N) is 1. The Hall–Kier alpha value is -2.20. The summed E-state index contributed by atoms with van der Waals surface area (Å²) in [5.41, 5.74) is -0.0380. The number of amides is 1. The van der Waals surface area contributed by atoms with Gasteiger partial charge in [-0.3, -0.25) is 9.48 Å². The third-order valence-electron chi connectivity index (χ3n) is 2.84. The van der Waals surface area contributed by atoms with Crippen molar-refractivity contribution in [2.45, 2.75) is 25.9 Å². The summed E-state index contributed by atoms with van der Waals surface area (Å²) in [6.45, 7) is 3.70. The highest BCUT2D eigenvalue weighted by atomic mass is 79.9. The van der Waals surface area contributed by atoms with Crippen LogP contribution in [0.4, 0.5) is 0 Å². The first-order valence-electron chi connectivity index (χ1n) is 6.27. The van der Waals surface area contributed by atoms with Crippen LogP contribution in [0.15, 0.2) is 35.1 Å². The Kier molecular flexibility index (Phi) is 4.38. The smallest absolute Gasteiger partial charge is 0.271 e. The lowest BCUT2D eigenvalue weighted by atomic mass is 10.0. The molecule has 1 N–H and O–H groups in total. The first kappa shape index (κ1) is 15.2. The Morgan fingerprint density at radius 2 is 2.33 bits per heavy atom. The van der Waals surface area contributed by atoms with Crippen LogP contribution < -0.4 is 5.32 Å². The van der Waals surface area contributed by atoms with Gasteiger partial charge in [-0.15, -0.1) is 0 Å². The highest BCUT2D eigenvalue weighted by molar-refractivity contribution is 9.10. The van der Waals surface area contributed by atoms with Gasteiger partial charge in [0.05, 0.1) is 23.3 Å². The van der Waals surface area contributed by atoms with E-state index < -0.39 is 5.54 Å². The molecule has 108 valence electrons. The second-order valence-electron chi connectivity index (χ2n) is 4.92. The maximum Gasteiger partial charge on any atom is 0.271 e. The van der Waals surface area contributed by atoms with Gasteiger partial charge in [-0.1, -0.05) is 6.07 Å². The van der Waals surface area contributed by atoms with Crippen LogP contribution >= 0.6 is 15.9 Å². The lowest BCUT2D eigenvalue weighted by Crippen LogP contribution is -2.48. The van der Waals surface area contributed by atoms with Crippen molar-refractivity contribution in [3.05, 3.63) is 46.5 Å². The number of aryl methyl sites for hydroxylation is 1. The molecular formula is C14H14BrN5O. The quantitative estimate of drug-likeness (QED) is 0.917. The highest BCUT2D eigenvalue weighted by Crippen LogP contribution is 2.12. The number of carbonyl (C=O) groups excluding carboxylic acids is 1. The predicted octanol–water partition coefficient (Wildman–Crippen LogP) is 2.06. The molecule has 0 fully saturated rings. The second-order valence-corrected chi connectivity index (χ2v) is 5.83. The lowest BCUT2D eigenvalue weighted by molar-refractivity contribution is 0.0912. The maximum atomic E-state index is 12.2. The van der Waals surface area contributed by atoms with E-state index in [1.54, 1.807) is 36.1 Å². The SMILES string of the molecule is Cc1cccc(C(=O)NC(C)(C#N)Cn2cc(Br)cn2)n1. The normalized spacial score (nSPS) is 13.2. The van der Waals surface area contributed by atoms with Crippen LogP contribution in [0.1, 0.15) is 23.1 Å². The summed E-state index contributed by atoms with van der Waals surface area (Å²) in [6, 6.07) is 7.29. The third kappa shape index (κ3) is 3.89. The van der Waals surface area contributed by atoms with Gasteiger partial charge in [0.25, 0.3) is 5.91 Å². The second kappa shape index (κ2) is 6.06. The van der Waals surface area contributed by atoms with Gasteiger partial charge in [0.15, 0.2) is 0 Å². The Bertz CT molecular complexity index is 705. The molecule has 2 rings (SSSR count).